The normalized spacial score (nSPS) is 11.5. The van der Waals surface area contributed by atoms with Crippen molar-refractivity contribution >= 4 is 57.6 Å². The van der Waals surface area contributed by atoms with Crippen LogP contribution >= 0.6 is 0 Å². The Balaban J connectivity index is 0.995. The predicted molar refractivity (Wildman–Crippen MR) is 467 cm³/mol. The molecule has 518 valence electrons. The Hall–Kier alpha value is -13.8. The molecule has 0 radical (unpaired) electrons. The van der Waals surface area contributed by atoms with Gasteiger partial charge in [0.1, 0.15) is 0 Å². The summed E-state index contributed by atoms with van der Waals surface area (Å²) in [5.74, 6) is 1.70. The maximum absolute atomic E-state index is 5.88. The van der Waals surface area contributed by atoms with Gasteiger partial charge in [-0.3, -0.25) is 0 Å². The molecule has 18 aromatic rings. The topological polar surface area (TPSA) is 38.7 Å². The summed E-state index contributed by atoms with van der Waals surface area (Å²) in [5, 5.41) is 9.73. The maximum atomic E-state index is 5.88. The third-order valence-electron chi connectivity index (χ3n) is 21.7. The summed E-state index contributed by atoms with van der Waals surface area (Å²) in [7, 11) is -7.40. The Labute approximate surface area is 646 Å². The second-order valence-corrected chi connectivity index (χ2v) is 35.8. The van der Waals surface area contributed by atoms with Crippen LogP contribution in [0.2, 0.25) is 0 Å². The van der Waals surface area contributed by atoms with Crippen molar-refractivity contribution in [3.63, 3.8) is 0 Å². The molecule has 0 spiro atoms. The number of aromatic nitrogens is 3. The van der Waals surface area contributed by atoms with Crippen molar-refractivity contribution in [3.8, 4) is 123 Å². The van der Waals surface area contributed by atoms with Crippen LogP contribution in [0.3, 0.4) is 0 Å². The van der Waals surface area contributed by atoms with E-state index in [0.717, 1.165) is 106 Å². The van der Waals surface area contributed by atoms with Crippen LogP contribution < -0.4 is 41.5 Å². The summed E-state index contributed by atoms with van der Waals surface area (Å²) in [4.78, 5) is 17.3. The van der Waals surface area contributed by atoms with E-state index in [9.17, 15) is 0 Å². The fourth-order valence-electron chi connectivity index (χ4n) is 16.1. The van der Waals surface area contributed by atoms with Gasteiger partial charge in [-0.05, 0) is 143 Å². The van der Waals surface area contributed by atoms with Gasteiger partial charge in [0.05, 0.1) is 0 Å². The molecule has 0 saturated carbocycles. The van der Waals surface area contributed by atoms with E-state index >= 15 is 0 Å². The van der Waals surface area contributed by atoms with Gasteiger partial charge in [0.25, 0.3) is 0 Å². The van der Waals surface area contributed by atoms with E-state index in [2.05, 4.69) is 455 Å². The molecule has 1 heterocycles. The fraction of sp³-hybridized carbons (Fsp3) is 0. The molecule has 0 aliphatic heterocycles. The highest BCUT2D eigenvalue weighted by Crippen LogP contribution is 2.33. The number of hydrogen-bond acceptors (Lipinski definition) is 3. The van der Waals surface area contributed by atoms with Crippen LogP contribution in [0.4, 0.5) is 0 Å². The van der Waals surface area contributed by atoms with E-state index in [1.165, 1.54) is 41.5 Å². The lowest BCUT2D eigenvalue weighted by molar-refractivity contribution is 1.07. The Kier molecular flexibility index (Phi) is 18.9. The molecule has 110 heavy (non-hydrogen) atoms. The summed E-state index contributed by atoms with van der Waals surface area (Å²) in [6.45, 7) is 0. The molecule has 0 fully saturated rings. The second kappa shape index (κ2) is 30.6. The summed E-state index contributed by atoms with van der Waals surface area (Å²) in [6, 6.07) is 168. The quantitative estimate of drug-likeness (QED) is 0.0598. The van der Waals surface area contributed by atoms with Crippen molar-refractivity contribution in [1.82, 2.24) is 15.0 Å². The standard InChI is InChI=1S/C105H75N3Si2/c1-9-27-76(28-10-1)84-47-59-95(60-48-84)109(96-61-49-85(50-62-96)77-29-11-2-12-30-77,97-63-51-86(52-64-97)78-31-13-3-14-32-78)101-73-94(105-107-103(92-45-25-43-90(71-92)82-39-21-7-22-40-82)106-104(108-105)93-46-26-44-91(72-93)83-41-23-8-24-42-83)74-102(75-101)110(98-65-53-87(54-66-98)79-33-15-4-16-34-79,99-67-55-88(56-68-99)80-35-17-5-18-36-80)100-69-57-89(58-70-100)81-37-19-6-20-38-81/h1-75H. The van der Waals surface area contributed by atoms with Crippen molar-refractivity contribution in [3.05, 3.63) is 455 Å². The van der Waals surface area contributed by atoms with Crippen molar-refractivity contribution in [1.29, 1.82) is 0 Å². The maximum Gasteiger partial charge on any atom is 0.179 e. The van der Waals surface area contributed by atoms with Crippen molar-refractivity contribution in [2.24, 2.45) is 0 Å². The van der Waals surface area contributed by atoms with E-state index in [-0.39, 0.29) is 0 Å². The zero-order chi connectivity index (χ0) is 73.5. The first-order chi connectivity index (χ1) is 54.5. The number of benzene rings is 17. The Morgan fingerprint density at radius 3 is 0.482 bits per heavy atom. The molecule has 3 nitrogen and oxygen atoms in total. The molecule has 18 rings (SSSR count). The molecule has 5 heteroatoms. The van der Waals surface area contributed by atoms with Crippen molar-refractivity contribution in [2.45, 2.75) is 0 Å². The molecule has 0 atom stereocenters. The van der Waals surface area contributed by atoms with Crippen LogP contribution in [0.25, 0.3) is 123 Å². The Morgan fingerprint density at radius 1 is 0.109 bits per heavy atom. The summed E-state index contributed by atoms with van der Waals surface area (Å²) in [6.07, 6.45) is 0. The van der Waals surface area contributed by atoms with Crippen LogP contribution in [0.1, 0.15) is 0 Å². The lowest BCUT2D eigenvalue weighted by Gasteiger charge is -2.39. The van der Waals surface area contributed by atoms with E-state index < -0.39 is 16.1 Å². The van der Waals surface area contributed by atoms with E-state index in [1.807, 2.05) is 0 Å². The lowest BCUT2D eigenvalue weighted by atomic mass is 10.0. The highest BCUT2D eigenvalue weighted by Gasteiger charge is 2.47. The minimum Gasteiger partial charge on any atom is -0.208 e. The smallest absolute Gasteiger partial charge is 0.179 e. The number of rotatable bonds is 19. The average molecular weight is 1430 g/mol. The molecule has 0 amide bonds. The molecule has 0 N–H and O–H groups in total. The molecule has 0 aliphatic rings. The first-order valence-corrected chi connectivity index (χ1v) is 41.7. The van der Waals surface area contributed by atoms with Crippen molar-refractivity contribution < 1.29 is 0 Å². The SMILES string of the molecule is c1ccc(-c2ccc([Si](c3ccc(-c4ccccc4)cc3)(c3ccc(-c4ccccc4)cc3)c3cc(-c4nc(-c5cccc(-c6ccccc6)c5)nc(-c5cccc(-c6ccccc6)c5)n4)cc([Si](c4ccc(-c5ccccc5)cc4)(c4ccc(-c5ccccc5)cc4)c4ccc(-c5ccccc5)cc4)c3)cc2)cc1. The monoisotopic (exact) mass is 1430 g/mol. The van der Waals surface area contributed by atoms with Gasteiger partial charge >= 0.3 is 0 Å². The molecule has 0 saturated heterocycles. The second-order valence-electron chi connectivity index (χ2n) is 28.2. The largest absolute Gasteiger partial charge is 0.208 e. The Bertz CT molecular complexity index is 5380. The van der Waals surface area contributed by atoms with E-state index in [1.54, 1.807) is 0 Å². The molecular weight excluding hydrogens is 1360 g/mol. The zero-order valence-electron chi connectivity index (χ0n) is 60.6. The third-order valence-corrected chi connectivity index (χ3v) is 31.2. The van der Waals surface area contributed by atoms with Gasteiger partial charge in [0.15, 0.2) is 33.6 Å². The van der Waals surface area contributed by atoms with Crippen LogP contribution in [0, 0.1) is 0 Å². The van der Waals surface area contributed by atoms with Crippen LogP contribution in [-0.4, -0.2) is 31.1 Å². The number of hydrogen-bond donors (Lipinski definition) is 0. The van der Waals surface area contributed by atoms with Gasteiger partial charge in [-0.1, -0.05) is 443 Å². The highest BCUT2D eigenvalue weighted by molar-refractivity contribution is 7.22. The Morgan fingerprint density at radius 2 is 0.273 bits per heavy atom. The van der Waals surface area contributed by atoms with Crippen molar-refractivity contribution in [2.75, 3.05) is 0 Å². The van der Waals surface area contributed by atoms with Gasteiger partial charge in [-0.15, -0.1) is 0 Å². The van der Waals surface area contributed by atoms with E-state index in [4.69, 9.17) is 15.0 Å². The number of nitrogens with zero attached hydrogens (tertiary/aromatic N) is 3. The van der Waals surface area contributed by atoms with Gasteiger partial charge in [-0.25, -0.2) is 15.0 Å². The molecule has 0 aliphatic carbocycles. The van der Waals surface area contributed by atoms with E-state index in [0.29, 0.717) is 17.5 Å². The molecule has 17 aromatic carbocycles. The average Bonchev–Trinajstić information content (AvgIpc) is 0.708. The van der Waals surface area contributed by atoms with Gasteiger partial charge < -0.3 is 0 Å². The fourth-order valence-corrected chi connectivity index (χ4v) is 25.8. The predicted octanol–water partition coefficient (Wildman–Crippen LogP) is 21.0. The summed E-state index contributed by atoms with van der Waals surface area (Å²) < 4.78 is 0. The minimum atomic E-state index is -3.70. The van der Waals surface area contributed by atoms with Crippen LogP contribution in [0.5, 0.6) is 0 Å². The summed E-state index contributed by atoms with van der Waals surface area (Å²) in [5.41, 5.74) is 20.8. The summed E-state index contributed by atoms with van der Waals surface area (Å²) >= 11 is 0. The highest BCUT2D eigenvalue weighted by atomic mass is 28.3. The zero-order valence-corrected chi connectivity index (χ0v) is 62.6. The molecular formula is C105H75N3Si2. The van der Waals surface area contributed by atoms with Crippen LogP contribution in [0.15, 0.2) is 455 Å². The van der Waals surface area contributed by atoms with Gasteiger partial charge in [0, 0.05) is 16.7 Å². The van der Waals surface area contributed by atoms with Crippen LogP contribution in [-0.2, 0) is 0 Å². The third kappa shape index (κ3) is 13.5. The van der Waals surface area contributed by atoms with Gasteiger partial charge in [0.2, 0.25) is 0 Å². The first-order valence-electron chi connectivity index (χ1n) is 37.7. The lowest BCUT2D eigenvalue weighted by Crippen LogP contribution is -2.78. The van der Waals surface area contributed by atoms with Gasteiger partial charge in [-0.2, -0.15) is 0 Å². The molecule has 0 bridgehead atoms. The first kappa shape index (κ1) is 68.0. The molecule has 0 unspecified atom stereocenters. The minimum absolute atomic E-state index is 0.561. The molecule has 1 aromatic heterocycles.